The van der Waals surface area contributed by atoms with Crippen LogP contribution in [-0.4, -0.2) is 47.1 Å². The maximum atomic E-state index is 12.5. The standard InChI is InChI=1S/C17H20N4O2/c22-16(14-5-9-19-23-14)21-11-7-17(13-21)6-3-10-20(12-17)15-4-1-2-8-18-15/h1-2,4-5,8-9H,3,6-7,10-13H2. The number of piperidine rings is 1. The van der Waals surface area contributed by atoms with E-state index in [1.807, 2.05) is 23.2 Å². The molecule has 0 radical (unpaired) electrons. The van der Waals surface area contributed by atoms with Crippen molar-refractivity contribution in [2.45, 2.75) is 19.3 Å². The van der Waals surface area contributed by atoms with Gasteiger partial charge < -0.3 is 14.3 Å². The lowest BCUT2D eigenvalue weighted by Gasteiger charge is -2.40. The summed E-state index contributed by atoms with van der Waals surface area (Å²) in [6.45, 7) is 3.57. The first-order valence-corrected chi connectivity index (χ1v) is 8.12. The lowest BCUT2D eigenvalue weighted by Crippen LogP contribution is -2.45. The summed E-state index contributed by atoms with van der Waals surface area (Å²) in [6.07, 6.45) is 6.70. The number of carbonyl (C=O) groups excluding carboxylic acids is 1. The largest absolute Gasteiger partial charge is 0.356 e. The Balaban J connectivity index is 1.48. The van der Waals surface area contributed by atoms with Crippen LogP contribution in [0.2, 0.25) is 0 Å². The first kappa shape index (κ1) is 14.2. The molecular weight excluding hydrogens is 292 g/mol. The average Bonchev–Trinajstić information content (AvgIpc) is 3.26. The van der Waals surface area contributed by atoms with Crippen LogP contribution in [0.1, 0.15) is 29.8 Å². The number of carbonyl (C=O) groups is 1. The van der Waals surface area contributed by atoms with E-state index in [0.29, 0.717) is 5.76 Å². The van der Waals surface area contributed by atoms with Gasteiger partial charge in [-0.3, -0.25) is 4.79 Å². The fourth-order valence-corrected chi connectivity index (χ4v) is 3.87. The number of aromatic nitrogens is 2. The van der Waals surface area contributed by atoms with Crippen LogP contribution in [0.5, 0.6) is 0 Å². The summed E-state index contributed by atoms with van der Waals surface area (Å²) < 4.78 is 5.01. The van der Waals surface area contributed by atoms with Gasteiger partial charge in [-0.25, -0.2) is 4.98 Å². The number of likely N-dealkylation sites (tertiary alicyclic amines) is 1. The van der Waals surface area contributed by atoms with E-state index < -0.39 is 0 Å². The van der Waals surface area contributed by atoms with E-state index in [1.54, 1.807) is 6.07 Å². The van der Waals surface area contributed by atoms with Crippen molar-refractivity contribution in [3.8, 4) is 0 Å². The van der Waals surface area contributed by atoms with Gasteiger partial charge in [0, 0.05) is 43.9 Å². The maximum absolute atomic E-state index is 12.5. The van der Waals surface area contributed by atoms with Crippen LogP contribution in [0.4, 0.5) is 5.82 Å². The molecule has 2 aliphatic heterocycles. The number of pyridine rings is 1. The summed E-state index contributed by atoms with van der Waals surface area (Å²) >= 11 is 0. The third-order valence-electron chi connectivity index (χ3n) is 5.01. The Morgan fingerprint density at radius 3 is 2.87 bits per heavy atom. The van der Waals surface area contributed by atoms with Crippen molar-refractivity contribution in [3.63, 3.8) is 0 Å². The number of nitrogens with zero attached hydrogens (tertiary/aromatic N) is 4. The van der Waals surface area contributed by atoms with Gasteiger partial charge in [-0.2, -0.15) is 0 Å². The van der Waals surface area contributed by atoms with E-state index >= 15 is 0 Å². The van der Waals surface area contributed by atoms with Crippen LogP contribution in [0.3, 0.4) is 0 Å². The smallest absolute Gasteiger partial charge is 0.292 e. The normalized spacial score (nSPS) is 24.3. The third-order valence-corrected chi connectivity index (χ3v) is 5.01. The highest BCUT2D eigenvalue weighted by Crippen LogP contribution is 2.40. The van der Waals surface area contributed by atoms with E-state index in [9.17, 15) is 4.79 Å². The molecule has 0 aromatic carbocycles. The van der Waals surface area contributed by atoms with Crippen molar-refractivity contribution in [2.24, 2.45) is 5.41 Å². The average molecular weight is 312 g/mol. The first-order chi connectivity index (χ1) is 11.3. The molecular formula is C17H20N4O2. The molecule has 2 aromatic rings. The number of amides is 1. The number of rotatable bonds is 2. The monoisotopic (exact) mass is 312 g/mol. The van der Waals surface area contributed by atoms with Gasteiger partial charge in [0.05, 0.1) is 6.20 Å². The molecule has 6 heteroatoms. The lowest BCUT2D eigenvalue weighted by molar-refractivity contribution is 0.0726. The van der Waals surface area contributed by atoms with E-state index in [-0.39, 0.29) is 11.3 Å². The van der Waals surface area contributed by atoms with Crippen molar-refractivity contribution >= 4 is 11.7 Å². The molecule has 2 saturated heterocycles. The van der Waals surface area contributed by atoms with Gasteiger partial charge in [-0.1, -0.05) is 11.2 Å². The zero-order valence-electron chi connectivity index (χ0n) is 13.0. The molecule has 0 aliphatic carbocycles. The molecule has 2 aliphatic rings. The Kier molecular flexibility index (Phi) is 3.52. The Hall–Kier alpha value is -2.37. The van der Waals surface area contributed by atoms with Gasteiger partial charge in [-0.15, -0.1) is 0 Å². The quantitative estimate of drug-likeness (QED) is 0.851. The highest BCUT2D eigenvalue weighted by Gasteiger charge is 2.43. The predicted molar refractivity (Wildman–Crippen MR) is 85.1 cm³/mol. The molecule has 4 heterocycles. The Bertz CT molecular complexity index is 673. The SMILES string of the molecule is O=C(c1ccno1)N1CCC2(CCCN(c3ccccn3)C2)C1. The number of hydrogen-bond donors (Lipinski definition) is 0. The second kappa shape index (κ2) is 5.68. The zero-order chi connectivity index (χ0) is 15.7. The van der Waals surface area contributed by atoms with E-state index in [2.05, 4.69) is 21.1 Å². The number of hydrogen-bond acceptors (Lipinski definition) is 5. The minimum Gasteiger partial charge on any atom is -0.356 e. The minimum absolute atomic E-state index is 0.0469. The van der Waals surface area contributed by atoms with E-state index in [0.717, 1.165) is 51.3 Å². The summed E-state index contributed by atoms with van der Waals surface area (Å²) in [5.74, 6) is 1.32. The lowest BCUT2D eigenvalue weighted by atomic mass is 9.79. The fraction of sp³-hybridized carbons (Fsp3) is 0.471. The maximum Gasteiger partial charge on any atom is 0.292 e. The van der Waals surface area contributed by atoms with Gasteiger partial charge in [-0.05, 0) is 31.4 Å². The molecule has 1 atom stereocenters. The summed E-state index contributed by atoms with van der Waals surface area (Å²) in [4.78, 5) is 21.2. The molecule has 2 aromatic heterocycles. The molecule has 4 rings (SSSR count). The van der Waals surface area contributed by atoms with Crippen LogP contribution in [0.25, 0.3) is 0 Å². The van der Waals surface area contributed by atoms with Crippen molar-refractivity contribution < 1.29 is 9.32 Å². The molecule has 1 unspecified atom stereocenters. The van der Waals surface area contributed by atoms with Crippen LogP contribution >= 0.6 is 0 Å². The van der Waals surface area contributed by atoms with Crippen LogP contribution < -0.4 is 4.90 Å². The van der Waals surface area contributed by atoms with E-state index in [1.165, 1.54) is 6.20 Å². The third kappa shape index (κ3) is 2.69. The second-order valence-electron chi connectivity index (χ2n) is 6.57. The van der Waals surface area contributed by atoms with Gasteiger partial charge in [0.2, 0.25) is 5.76 Å². The second-order valence-corrected chi connectivity index (χ2v) is 6.57. The highest BCUT2D eigenvalue weighted by atomic mass is 16.5. The van der Waals surface area contributed by atoms with Crippen LogP contribution in [0, 0.1) is 5.41 Å². The van der Waals surface area contributed by atoms with Crippen LogP contribution in [-0.2, 0) is 0 Å². The van der Waals surface area contributed by atoms with Crippen molar-refractivity contribution in [1.29, 1.82) is 0 Å². The van der Waals surface area contributed by atoms with Gasteiger partial charge in [0.15, 0.2) is 0 Å². The summed E-state index contributed by atoms with van der Waals surface area (Å²) in [6, 6.07) is 7.66. The van der Waals surface area contributed by atoms with Gasteiger partial charge in [0.25, 0.3) is 5.91 Å². The topological polar surface area (TPSA) is 62.5 Å². The van der Waals surface area contributed by atoms with Crippen LogP contribution in [0.15, 0.2) is 41.2 Å². The molecule has 0 N–H and O–H groups in total. The molecule has 1 amide bonds. The highest BCUT2D eigenvalue weighted by molar-refractivity contribution is 5.91. The summed E-state index contributed by atoms with van der Waals surface area (Å²) in [5.41, 5.74) is 0.172. The molecule has 2 fully saturated rings. The fourth-order valence-electron chi connectivity index (χ4n) is 3.87. The summed E-state index contributed by atoms with van der Waals surface area (Å²) in [5, 5.41) is 3.63. The molecule has 23 heavy (non-hydrogen) atoms. The predicted octanol–water partition coefficient (Wildman–Crippen LogP) is 2.20. The summed E-state index contributed by atoms with van der Waals surface area (Å²) in [7, 11) is 0. The molecule has 0 saturated carbocycles. The van der Waals surface area contributed by atoms with Gasteiger partial charge >= 0.3 is 0 Å². The molecule has 1 spiro atoms. The Morgan fingerprint density at radius 2 is 2.09 bits per heavy atom. The first-order valence-electron chi connectivity index (χ1n) is 8.12. The zero-order valence-corrected chi connectivity index (χ0v) is 13.0. The van der Waals surface area contributed by atoms with Crippen molar-refractivity contribution in [3.05, 3.63) is 42.4 Å². The number of anilines is 1. The van der Waals surface area contributed by atoms with Crippen molar-refractivity contribution in [2.75, 3.05) is 31.1 Å². The Morgan fingerprint density at radius 1 is 1.13 bits per heavy atom. The molecule has 120 valence electrons. The minimum atomic E-state index is -0.0469. The molecule has 0 bridgehead atoms. The Labute approximate surface area is 135 Å². The van der Waals surface area contributed by atoms with Gasteiger partial charge in [0.1, 0.15) is 5.82 Å². The van der Waals surface area contributed by atoms with Crippen molar-refractivity contribution in [1.82, 2.24) is 15.0 Å². The van der Waals surface area contributed by atoms with E-state index in [4.69, 9.17) is 4.52 Å². The molecule has 6 nitrogen and oxygen atoms in total.